The van der Waals surface area contributed by atoms with E-state index in [-0.39, 0.29) is 5.95 Å². The lowest BCUT2D eigenvalue weighted by atomic mass is 9.95. The first-order valence-electron chi connectivity index (χ1n) is 22.8. The fourth-order valence-electron chi connectivity index (χ4n) is 7.58. The highest BCUT2D eigenvalue weighted by atomic mass is 127. The summed E-state index contributed by atoms with van der Waals surface area (Å²) in [7, 11) is 0. The average molecular weight is 967 g/mol. The van der Waals surface area contributed by atoms with Gasteiger partial charge in [-0.15, -0.1) is 0 Å². The molecule has 2 saturated carbocycles. The molecule has 0 saturated heterocycles. The number of aliphatic imine (C=N–C) groups is 1. The Morgan fingerprint density at radius 3 is 1.67 bits per heavy atom. The SMILES string of the molecule is CCI.CCc1c(C)cccc1C=O.CCc1c(C)cccc1Cc1cnc(N)nc1N.Cc1cccc(C=NC2CCCCC2)c1.Cc1cccc(C=O)c1.NC1CCCCC1. The Morgan fingerprint density at radius 1 is 0.667 bits per heavy atom. The average Bonchev–Trinajstić information content (AvgIpc) is 3.28. The van der Waals surface area contributed by atoms with Crippen LogP contribution in [-0.2, 0) is 19.3 Å². The number of halogens is 1. The second-order valence-corrected chi connectivity index (χ2v) is 17.7. The van der Waals surface area contributed by atoms with Crippen LogP contribution in [0.2, 0.25) is 0 Å². The number of carbonyl (C=O) groups excluding carboxylic acids is 2. The number of anilines is 2. The summed E-state index contributed by atoms with van der Waals surface area (Å²) in [5, 5.41) is 0. The summed E-state index contributed by atoms with van der Waals surface area (Å²) in [6.07, 6.45) is 21.6. The van der Waals surface area contributed by atoms with Gasteiger partial charge >= 0.3 is 0 Å². The third-order valence-corrected chi connectivity index (χ3v) is 11.0. The van der Waals surface area contributed by atoms with Gasteiger partial charge in [0.25, 0.3) is 0 Å². The number of hydrogen-bond donors (Lipinski definition) is 3. The lowest BCUT2D eigenvalue weighted by molar-refractivity contribution is 0.111. The van der Waals surface area contributed by atoms with Gasteiger partial charge in [0, 0.05) is 47.6 Å². The molecule has 9 heteroatoms. The summed E-state index contributed by atoms with van der Waals surface area (Å²) in [4.78, 5) is 33.4. The maximum Gasteiger partial charge on any atom is 0.221 e. The second-order valence-electron chi connectivity index (χ2n) is 16.2. The topological polar surface area (TPSA) is 150 Å². The Morgan fingerprint density at radius 2 is 1.19 bits per heavy atom. The van der Waals surface area contributed by atoms with E-state index in [0.29, 0.717) is 17.9 Å². The maximum absolute atomic E-state index is 10.5. The van der Waals surface area contributed by atoms with Gasteiger partial charge in [-0.2, -0.15) is 4.98 Å². The second kappa shape index (κ2) is 32.0. The smallest absolute Gasteiger partial charge is 0.221 e. The molecular weight excluding hydrogens is 892 g/mol. The lowest BCUT2D eigenvalue weighted by Crippen LogP contribution is -2.22. The van der Waals surface area contributed by atoms with Crippen LogP contribution in [0, 0.1) is 27.7 Å². The molecule has 2 aliphatic carbocycles. The normalized spacial score (nSPS) is 13.5. The molecule has 0 amide bonds. The van der Waals surface area contributed by atoms with Gasteiger partial charge in [0.15, 0.2) is 0 Å². The Balaban J connectivity index is 0.000000276. The minimum absolute atomic E-state index is 0.219. The third kappa shape index (κ3) is 21.9. The molecule has 0 spiro atoms. The Hall–Kier alpha value is -4.74. The number of rotatable bonds is 8. The van der Waals surface area contributed by atoms with E-state index in [1.54, 1.807) is 12.3 Å². The first kappa shape index (κ1) is 54.4. The molecule has 0 aliphatic heterocycles. The molecule has 8 nitrogen and oxygen atoms in total. The predicted octanol–water partition coefficient (Wildman–Crippen LogP) is 12.7. The number of aromatic nitrogens is 2. The molecule has 63 heavy (non-hydrogen) atoms. The molecule has 2 fully saturated rings. The van der Waals surface area contributed by atoms with E-state index in [1.165, 1.54) is 108 Å². The van der Waals surface area contributed by atoms with Crippen molar-refractivity contribution in [1.82, 2.24) is 9.97 Å². The number of nitrogens with two attached hydrogens (primary N) is 3. The zero-order chi connectivity index (χ0) is 46.4. The molecule has 5 aromatic rings. The van der Waals surface area contributed by atoms with E-state index >= 15 is 0 Å². The highest BCUT2D eigenvalue weighted by molar-refractivity contribution is 14.1. The minimum atomic E-state index is 0.219. The predicted molar refractivity (Wildman–Crippen MR) is 278 cm³/mol. The van der Waals surface area contributed by atoms with Crippen LogP contribution >= 0.6 is 22.6 Å². The standard InChI is InChI=1S/C14H18N4.C14H19N.C10H12O.C8H8O.C6H13N.C2H5I/c1-3-12-9(2)5-4-6-10(12)7-11-8-17-14(16)18-13(11)15;1-12-6-5-7-13(10-12)11-15-14-8-3-2-4-9-14;1-3-10-8(2)5-4-6-9(10)7-11;1-7-3-2-4-8(5-7)6-9;7-6-4-2-1-3-5-6;1-2-3/h4-6,8H,3,7H2,1-2H3,(H4,15,16,17,18);5-7,10-11,14H,2-4,8-9H2,1H3;4-7H,3H2,1-2H3;2-6H,1H3;6H,1-5,7H2;2H2,1H3. The largest absolute Gasteiger partial charge is 0.383 e. The molecule has 0 unspecified atom stereocenters. The van der Waals surface area contributed by atoms with Crippen molar-refractivity contribution < 1.29 is 9.59 Å². The lowest BCUT2D eigenvalue weighted by Gasteiger charge is -2.17. The number of aldehydes is 2. The molecule has 340 valence electrons. The number of carbonyl (C=O) groups is 2. The fraction of sp³-hybridized carbons (Fsp3) is 0.426. The van der Waals surface area contributed by atoms with Gasteiger partial charge in [-0.25, -0.2) is 4.98 Å². The van der Waals surface area contributed by atoms with Gasteiger partial charge in [-0.05, 0) is 110 Å². The first-order valence-corrected chi connectivity index (χ1v) is 24.3. The van der Waals surface area contributed by atoms with Crippen molar-refractivity contribution >= 4 is 53.1 Å². The molecule has 0 bridgehead atoms. The van der Waals surface area contributed by atoms with Gasteiger partial charge < -0.3 is 17.2 Å². The van der Waals surface area contributed by atoms with E-state index in [2.05, 4.69) is 115 Å². The van der Waals surface area contributed by atoms with Gasteiger partial charge in [0.2, 0.25) is 5.95 Å². The van der Waals surface area contributed by atoms with Crippen molar-refractivity contribution in [3.05, 3.63) is 152 Å². The highest BCUT2D eigenvalue weighted by Crippen LogP contribution is 2.22. The molecule has 0 atom stereocenters. The van der Waals surface area contributed by atoms with Gasteiger partial charge in [-0.1, -0.05) is 172 Å². The molecule has 4 aromatic carbocycles. The van der Waals surface area contributed by atoms with E-state index in [1.807, 2.05) is 56.5 Å². The van der Waals surface area contributed by atoms with Crippen molar-refractivity contribution in [3.63, 3.8) is 0 Å². The Bertz CT molecular complexity index is 2090. The fourth-order valence-corrected chi connectivity index (χ4v) is 7.58. The quantitative estimate of drug-likeness (QED) is 0.0606. The number of nitrogen functional groups attached to an aromatic ring is 2. The van der Waals surface area contributed by atoms with E-state index < -0.39 is 0 Å². The van der Waals surface area contributed by atoms with Crippen LogP contribution in [0.15, 0.2) is 96.1 Å². The zero-order valence-electron chi connectivity index (χ0n) is 39.2. The molecule has 6 N–H and O–H groups in total. The summed E-state index contributed by atoms with van der Waals surface area (Å²) in [5.41, 5.74) is 29.5. The Labute approximate surface area is 393 Å². The van der Waals surface area contributed by atoms with Crippen LogP contribution < -0.4 is 17.2 Å². The van der Waals surface area contributed by atoms with E-state index in [4.69, 9.17) is 17.2 Å². The number of aryl methyl sites for hydroxylation is 4. The molecule has 1 aromatic heterocycles. The van der Waals surface area contributed by atoms with Crippen molar-refractivity contribution in [2.24, 2.45) is 10.7 Å². The summed E-state index contributed by atoms with van der Waals surface area (Å²) in [5.74, 6) is 0.683. The van der Waals surface area contributed by atoms with Crippen molar-refractivity contribution in [2.75, 3.05) is 15.9 Å². The molecular formula is C54H75IN6O2. The van der Waals surface area contributed by atoms with Gasteiger partial charge in [0.1, 0.15) is 18.4 Å². The maximum atomic E-state index is 10.5. The first-order chi connectivity index (χ1) is 30.4. The van der Waals surface area contributed by atoms with Crippen molar-refractivity contribution in [1.29, 1.82) is 0 Å². The van der Waals surface area contributed by atoms with E-state index in [9.17, 15) is 9.59 Å². The minimum Gasteiger partial charge on any atom is -0.383 e. The van der Waals surface area contributed by atoms with Crippen LogP contribution in [0.4, 0.5) is 11.8 Å². The van der Waals surface area contributed by atoms with Crippen LogP contribution in [0.5, 0.6) is 0 Å². The Kier molecular flexibility index (Phi) is 27.6. The van der Waals surface area contributed by atoms with Gasteiger partial charge in [-0.3, -0.25) is 14.6 Å². The molecule has 2 aliphatic rings. The van der Waals surface area contributed by atoms with Crippen LogP contribution in [0.3, 0.4) is 0 Å². The van der Waals surface area contributed by atoms with Crippen molar-refractivity contribution in [2.45, 2.75) is 144 Å². The number of nitrogens with zero attached hydrogens (tertiary/aromatic N) is 3. The summed E-state index contributed by atoms with van der Waals surface area (Å²) < 4.78 is 1.22. The molecule has 0 radical (unpaired) electrons. The summed E-state index contributed by atoms with van der Waals surface area (Å²) in [6, 6.07) is 29.3. The highest BCUT2D eigenvalue weighted by Gasteiger charge is 2.11. The van der Waals surface area contributed by atoms with Crippen LogP contribution in [0.1, 0.15) is 156 Å². The third-order valence-electron chi connectivity index (χ3n) is 11.0. The van der Waals surface area contributed by atoms with Crippen molar-refractivity contribution in [3.8, 4) is 0 Å². The van der Waals surface area contributed by atoms with Crippen LogP contribution in [-0.4, -0.2) is 45.3 Å². The van der Waals surface area contributed by atoms with E-state index in [0.717, 1.165) is 54.1 Å². The number of hydrogen-bond acceptors (Lipinski definition) is 8. The number of benzene rings is 4. The summed E-state index contributed by atoms with van der Waals surface area (Å²) >= 11 is 2.29. The van der Waals surface area contributed by atoms with Gasteiger partial charge in [0.05, 0.1) is 0 Å². The molecule has 1 heterocycles. The number of alkyl halides is 1. The zero-order valence-corrected chi connectivity index (χ0v) is 41.4. The summed E-state index contributed by atoms with van der Waals surface area (Å²) in [6.45, 7) is 14.6. The van der Waals surface area contributed by atoms with Crippen LogP contribution in [0.25, 0.3) is 0 Å². The molecule has 7 rings (SSSR count). The monoisotopic (exact) mass is 966 g/mol.